The molecule has 0 heterocycles. The maximum atomic E-state index is 13.0. The second-order valence-corrected chi connectivity index (χ2v) is 6.59. The number of carbonyl (C=O) groups excluding carboxylic acids is 2. The summed E-state index contributed by atoms with van der Waals surface area (Å²) in [7, 11) is 1.63. The lowest BCUT2D eigenvalue weighted by Gasteiger charge is -2.23. The fourth-order valence-electron chi connectivity index (χ4n) is 2.90. The Morgan fingerprint density at radius 2 is 1.81 bits per heavy atom. The normalized spacial score (nSPS) is 10.5. The first-order valence-electron chi connectivity index (χ1n) is 9.21. The molecule has 0 aliphatic carbocycles. The molecule has 27 heavy (non-hydrogen) atoms. The third-order valence-corrected chi connectivity index (χ3v) is 4.38. The Kier molecular flexibility index (Phi) is 8.01. The number of anilines is 1. The molecule has 0 fully saturated rings. The number of benzene rings is 2. The molecule has 5 heteroatoms. The molecule has 2 aromatic carbocycles. The molecule has 0 spiro atoms. The Morgan fingerprint density at radius 3 is 2.48 bits per heavy atom. The summed E-state index contributed by atoms with van der Waals surface area (Å²) < 4.78 is 5.17. The molecule has 5 nitrogen and oxygen atoms in total. The van der Waals surface area contributed by atoms with Gasteiger partial charge in [0.25, 0.3) is 5.91 Å². The summed E-state index contributed by atoms with van der Waals surface area (Å²) in [6.45, 7) is 5.04. The monoisotopic (exact) mass is 368 g/mol. The largest absolute Gasteiger partial charge is 0.383 e. The second kappa shape index (κ2) is 10.5. The predicted octanol–water partition coefficient (Wildman–Crippen LogP) is 3.67. The fourth-order valence-corrected chi connectivity index (χ4v) is 2.90. The molecule has 0 atom stereocenters. The summed E-state index contributed by atoms with van der Waals surface area (Å²) in [5, 5.41) is 2.78. The Bertz CT molecular complexity index is 759. The van der Waals surface area contributed by atoms with Gasteiger partial charge in [-0.15, -0.1) is 0 Å². The van der Waals surface area contributed by atoms with Crippen molar-refractivity contribution in [3.05, 3.63) is 65.2 Å². The number of ether oxygens (including phenoxy) is 1. The van der Waals surface area contributed by atoms with Crippen LogP contribution in [0.15, 0.2) is 48.5 Å². The molecule has 0 saturated heterocycles. The van der Waals surface area contributed by atoms with Crippen molar-refractivity contribution in [1.82, 2.24) is 4.90 Å². The number of hydrogen-bond acceptors (Lipinski definition) is 3. The molecule has 2 rings (SSSR count). The number of aryl methyl sites for hydroxylation is 2. The van der Waals surface area contributed by atoms with Crippen LogP contribution in [-0.4, -0.2) is 43.5 Å². The van der Waals surface area contributed by atoms with Gasteiger partial charge in [0.05, 0.1) is 6.61 Å². The summed E-state index contributed by atoms with van der Waals surface area (Å²) in [6.07, 6.45) is 1.80. The van der Waals surface area contributed by atoms with Crippen LogP contribution < -0.4 is 5.32 Å². The molecular formula is C22H28N2O3. The highest BCUT2D eigenvalue weighted by Crippen LogP contribution is 2.18. The van der Waals surface area contributed by atoms with Gasteiger partial charge in [-0.1, -0.05) is 36.4 Å². The van der Waals surface area contributed by atoms with Crippen molar-refractivity contribution in [3.8, 4) is 0 Å². The van der Waals surface area contributed by atoms with E-state index in [4.69, 9.17) is 4.74 Å². The van der Waals surface area contributed by atoms with E-state index in [1.54, 1.807) is 19.2 Å². The highest BCUT2D eigenvalue weighted by atomic mass is 16.5. The Morgan fingerprint density at radius 1 is 1.07 bits per heavy atom. The van der Waals surface area contributed by atoms with Crippen LogP contribution in [0.1, 0.15) is 34.8 Å². The summed E-state index contributed by atoms with van der Waals surface area (Å²) in [5.74, 6) is -0.200. The van der Waals surface area contributed by atoms with E-state index in [1.807, 2.05) is 36.1 Å². The van der Waals surface area contributed by atoms with Crippen LogP contribution >= 0.6 is 0 Å². The van der Waals surface area contributed by atoms with Crippen LogP contribution in [0.3, 0.4) is 0 Å². The Balaban J connectivity index is 2.07. The van der Waals surface area contributed by atoms with E-state index in [2.05, 4.69) is 17.4 Å². The summed E-state index contributed by atoms with van der Waals surface area (Å²) in [4.78, 5) is 26.2. The third kappa shape index (κ3) is 6.53. The Labute approximate surface area is 161 Å². The van der Waals surface area contributed by atoms with Gasteiger partial charge in [-0.05, 0) is 43.0 Å². The minimum Gasteiger partial charge on any atom is -0.383 e. The van der Waals surface area contributed by atoms with Gasteiger partial charge in [-0.3, -0.25) is 9.59 Å². The van der Waals surface area contributed by atoms with Crippen molar-refractivity contribution in [2.45, 2.75) is 26.7 Å². The average molecular weight is 368 g/mol. The summed E-state index contributed by atoms with van der Waals surface area (Å²) in [6, 6.07) is 15.7. The molecule has 0 unspecified atom stereocenters. The lowest BCUT2D eigenvalue weighted by atomic mass is 10.1. The molecule has 0 aromatic heterocycles. The van der Waals surface area contributed by atoms with Crippen molar-refractivity contribution in [3.63, 3.8) is 0 Å². The number of carbonyl (C=O) groups is 2. The van der Waals surface area contributed by atoms with E-state index >= 15 is 0 Å². The van der Waals surface area contributed by atoms with Crippen LogP contribution in [0.5, 0.6) is 0 Å². The lowest BCUT2D eigenvalue weighted by Crippen LogP contribution is -2.35. The van der Waals surface area contributed by atoms with E-state index < -0.39 is 0 Å². The lowest BCUT2D eigenvalue weighted by molar-refractivity contribution is -0.114. The summed E-state index contributed by atoms with van der Waals surface area (Å²) in [5.41, 5.74) is 3.43. The van der Waals surface area contributed by atoms with Gasteiger partial charge in [0, 0.05) is 38.4 Å². The Hall–Kier alpha value is -2.66. The number of amides is 2. The SMILES string of the molecule is COCCN(CCCc1ccccc1)C(=O)c1ccc(C)c(NC(C)=O)c1. The molecule has 1 N–H and O–H groups in total. The highest BCUT2D eigenvalue weighted by Gasteiger charge is 2.16. The maximum Gasteiger partial charge on any atom is 0.254 e. The number of nitrogens with one attached hydrogen (secondary N) is 1. The van der Waals surface area contributed by atoms with Gasteiger partial charge >= 0.3 is 0 Å². The first-order valence-corrected chi connectivity index (χ1v) is 9.21. The zero-order chi connectivity index (χ0) is 19.6. The second-order valence-electron chi connectivity index (χ2n) is 6.59. The van der Waals surface area contributed by atoms with Crippen LogP contribution in [-0.2, 0) is 16.0 Å². The van der Waals surface area contributed by atoms with E-state index in [0.717, 1.165) is 18.4 Å². The first kappa shape index (κ1) is 20.6. The van der Waals surface area contributed by atoms with Crippen molar-refractivity contribution in [2.24, 2.45) is 0 Å². The molecule has 0 saturated carbocycles. The van der Waals surface area contributed by atoms with Crippen LogP contribution in [0.4, 0.5) is 5.69 Å². The molecule has 0 radical (unpaired) electrons. The zero-order valence-corrected chi connectivity index (χ0v) is 16.3. The number of rotatable bonds is 9. The topological polar surface area (TPSA) is 58.6 Å². The van der Waals surface area contributed by atoms with Gasteiger partial charge in [-0.2, -0.15) is 0 Å². The van der Waals surface area contributed by atoms with E-state index in [1.165, 1.54) is 12.5 Å². The van der Waals surface area contributed by atoms with Crippen LogP contribution in [0.2, 0.25) is 0 Å². The highest BCUT2D eigenvalue weighted by molar-refractivity contribution is 5.97. The first-order chi connectivity index (χ1) is 13.0. The minimum absolute atomic E-state index is 0.0493. The van der Waals surface area contributed by atoms with E-state index in [9.17, 15) is 9.59 Å². The smallest absolute Gasteiger partial charge is 0.254 e. The van der Waals surface area contributed by atoms with Crippen LogP contribution in [0, 0.1) is 6.92 Å². The number of nitrogens with zero attached hydrogens (tertiary/aromatic N) is 1. The third-order valence-electron chi connectivity index (χ3n) is 4.38. The van der Waals surface area contributed by atoms with Gasteiger partial charge in [-0.25, -0.2) is 0 Å². The predicted molar refractivity (Wildman–Crippen MR) is 108 cm³/mol. The number of methoxy groups -OCH3 is 1. The van der Waals surface area contributed by atoms with Crippen molar-refractivity contribution in [1.29, 1.82) is 0 Å². The van der Waals surface area contributed by atoms with Crippen LogP contribution in [0.25, 0.3) is 0 Å². The maximum absolute atomic E-state index is 13.0. The van der Waals surface area contributed by atoms with Crippen molar-refractivity contribution >= 4 is 17.5 Å². The van der Waals surface area contributed by atoms with Gasteiger partial charge in [0.1, 0.15) is 0 Å². The number of hydrogen-bond donors (Lipinski definition) is 1. The van der Waals surface area contributed by atoms with Gasteiger partial charge in [0.2, 0.25) is 5.91 Å². The standard InChI is InChI=1S/C22H28N2O3/c1-17-11-12-20(16-21(17)23-18(2)25)22(26)24(14-15-27-3)13-7-10-19-8-5-4-6-9-19/h4-6,8-9,11-12,16H,7,10,13-15H2,1-3H3,(H,23,25). The van der Waals surface area contributed by atoms with Crippen molar-refractivity contribution in [2.75, 3.05) is 32.1 Å². The molecular weight excluding hydrogens is 340 g/mol. The quantitative estimate of drug-likeness (QED) is 0.735. The van der Waals surface area contributed by atoms with Gasteiger partial charge < -0.3 is 15.0 Å². The molecule has 2 amide bonds. The average Bonchev–Trinajstić information content (AvgIpc) is 2.66. The van der Waals surface area contributed by atoms with Crippen molar-refractivity contribution < 1.29 is 14.3 Å². The van der Waals surface area contributed by atoms with Gasteiger partial charge in [0.15, 0.2) is 0 Å². The molecule has 0 aliphatic heterocycles. The molecule has 144 valence electrons. The molecule has 2 aromatic rings. The van der Waals surface area contributed by atoms with E-state index in [-0.39, 0.29) is 11.8 Å². The zero-order valence-electron chi connectivity index (χ0n) is 16.3. The summed E-state index contributed by atoms with van der Waals surface area (Å²) >= 11 is 0. The molecule has 0 bridgehead atoms. The molecule has 0 aliphatic rings. The van der Waals surface area contributed by atoms with E-state index in [0.29, 0.717) is 30.9 Å². The minimum atomic E-state index is -0.151. The fraction of sp³-hybridized carbons (Fsp3) is 0.364.